The number of hydrogen-bond donors (Lipinski definition) is 0. The number of nitrogens with zero attached hydrogens (tertiary/aromatic N) is 1. The molecular weight excluding hydrogens is 286 g/mol. The average molecular weight is 311 g/mol. The van der Waals surface area contributed by atoms with E-state index in [9.17, 15) is 8.42 Å². The Morgan fingerprint density at radius 1 is 1.19 bits per heavy atom. The van der Waals surface area contributed by atoms with E-state index >= 15 is 0 Å². The lowest BCUT2D eigenvalue weighted by Gasteiger charge is -2.36. The average Bonchev–Trinajstić information content (AvgIpc) is 2.47. The quantitative estimate of drug-likeness (QED) is 0.809. The molecule has 4 nitrogen and oxygen atoms in total. The van der Waals surface area contributed by atoms with Gasteiger partial charge in [-0.1, -0.05) is 31.0 Å². The minimum absolute atomic E-state index is 0.119. The smallest absolute Gasteiger partial charge is 0.151 e. The summed E-state index contributed by atoms with van der Waals surface area (Å²) in [4.78, 5) is 2.15. The van der Waals surface area contributed by atoms with Crippen molar-refractivity contribution >= 4 is 9.84 Å². The van der Waals surface area contributed by atoms with Gasteiger partial charge in [0.2, 0.25) is 0 Å². The van der Waals surface area contributed by atoms with Gasteiger partial charge in [0.15, 0.2) is 9.84 Å². The van der Waals surface area contributed by atoms with Crippen molar-refractivity contribution in [1.82, 2.24) is 4.90 Å². The standard InChI is InChI=1S/C16H25NO3S/c1-17(12-13-20-14-8-4-3-5-9-14)15-10-6-7-11-16(15)21(2,18)19/h3-5,8-9,15-16H,6-7,10-13H2,1-2H3/t15-,16-/m0/s1. The lowest BCUT2D eigenvalue weighted by Crippen LogP contribution is -2.48. The third-order valence-corrected chi connectivity index (χ3v) is 5.89. The molecule has 2 rings (SSSR count). The van der Waals surface area contributed by atoms with Gasteiger partial charge in [0.25, 0.3) is 0 Å². The van der Waals surface area contributed by atoms with E-state index in [2.05, 4.69) is 4.90 Å². The predicted octanol–water partition coefficient (Wildman–Crippen LogP) is 2.35. The molecule has 0 heterocycles. The molecule has 0 radical (unpaired) electrons. The molecule has 1 saturated carbocycles. The van der Waals surface area contributed by atoms with E-state index in [0.717, 1.165) is 38.0 Å². The molecule has 0 bridgehead atoms. The third-order valence-electron chi connectivity index (χ3n) is 4.24. The lowest BCUT2D eigenvalue weighted by atomic mass is 9.94. The second-order valence-corrected chi connectivity index (χ2v) is 8.13. The Bertz CT molecular complexity index is 530. The maximum absolute atomic E-state index is 11.9. The zero-order chi connectivity index (χ0) is 15.3. The van der Waals surface area contributed by atoms with Crippen molar-refractivity contribution in [2.24, 2.45) is 0 Å². The maximum Gasteiger partial charge on any atom is 0.151 e. The van der Waals surface area contributed by atoms with E-state index in [1.54, 1.807) is 0 Å². The minimum Gasteiger partial charge on any atom is -0.492 e. The molecule has 0 saturated heterocycles. The van der Waals surface area contributed by atoms with Crippen LogP contribution in [0.15, 0.2) is 30.3 Å². The number of sulfone groups is 1. The van der Waals surface area contributed by atoms with Crippen LogP contribution in [-0.2, 0) is 9.84 Å². The fraction of sp³-hybridized carbons (Fsp3) is 0.625. The van der Waals surface area contributed by atoms with Crippen LogP contribution in [0.2, 0.25) is 0 Å². The highest BCUT2D eigenvalue weighted by Crippen LogP contribution is 2.27. The van der Waals surface area contributed by atoms with E-state index in [1.165, 1.54) is 6.26 Å². The SMILES string of the molecule is CN(CCOc1ccccc1)[C@H]1CCCC[C@@H]1S(C)(=O)=O. The van der Waals surface area contributed by atoms with Crippen LogP contribution in [0, 0.1) is 0 Å². The first-order chi connectivity index (χ1) is 9.98. The van der Waals surface area contributed by atoms with Gasteiger partial charge in [0, 0.05) is 18.8 Å². The van der Waals surface area contributed by atoms with E-state index in [-0.39, 0.29) is 11.3 Å². The fourth-order valence-corrected chi connectivity index (χ4v) is 4.58. The second kappa shape index (κ2) is 7.27. The summed E-state index contributed by atoms with van der Waals surface area (Å²) in [5, 5.41) is -0.229. The summed E-state index contributed by atoms with van der Waals surface area (Å²) >= 11 is 0. The first-order valence-electron chi connectivity index (χ1n) is 7.55. The molecule has 1 fully saturated rings. The molecule has 118 valence electrons. The van der Waals surface area contributed by atoms with Crippen molar-refractivity contribution in [2.45, 2.75) is 37.0 Å². The Labute approximate surface area is 128 Å². The Hall–Kier alpha value is -1.07. The molecule has 1 aliphatic carbocycles. The van der Waals surface area contributed by atoms with Crippen molar-refractivity contribution in [1.29, 1.82) is 0 Å². The molecule has 0 spiro atoms. The lowest BCUT2D eigenvalue weighted by molar-refractivity contribution is 0.162. The van der Waals surface area contributed by atoms with Gasteiger partial charge >= 0.3 is 0 Å². The summed E-state index contributed by atoms with van der Waals surface area (Å²) in [6.07, 6.45) is 5.24. The number of likely N-dealkylation sites (N-methyl/N-ethyl adjacent to an activating group) is 1. The Balaban J connectivity index is 1.87. The van der Waals surface area contributed by atoms with Gasteiger partial charge in [-0.2, -0.15) is 0 Å². The van der Waals surface area contributed by atoms with Crippen LogP contribution < -0.4 is 4.74 Å². The summed E-state index contributed by atoms with van der Waals surface area (Å²) in [7, 11) is -0.977. The highest BCUT2D eigenvalue weighted by Gasteiger charge is 2.34. The molecule has 0 aliphatic heterocycles. The summed E-state index contributed by atoms with van der Waals surface area (Å²) in [5.74, 6) is 0.856. The van der Waals surface area contributed by atoms with E-state index in [1.807, 2.05) is 37.4 Å². The van der Waals surface area contributed by atoms with Crippen molar-refractivity contribution < 1.29 is 13.2 Å². The summed E-state index contributed by atoms with van der Waals surface area (Å²) in [6.45, 7) is 1.32. The second-order valence-electron chi connectivity index (χ2n) is 5.86. The topological polar surface area (TPSA) is 46.6 Å². The van der Waals surface area contributed by atoms with Gasteiger partial charge in [-0.05, 0) is 32.0 Å². The predicted molar refractivity (Wildman–Crippen MR) is 85.5 cm³/mol. The molecule has 0 amide bonds. The molecule has 0 unspecified atom stereocenters. The van der Waals surface area contributed by atoms with Gasteiger partial charge in [0.1, 0.15) is 12.4 Å². The van der Waals surface area contributed by atoms with Gasteiger partial charge < -0.3 is 4.74 Å². The zero-order valence-electron chi connectivity index (χ0n) is 12.9. The summed E-state index contributed by atoms with van der Waals surface area (Å²) in [5.41, 5.74) is 0. The van der Waals surface area contributed by atoms with E-state index in [0.29, 0.717) is 6.61 Å². The Kier molecular flexibility index (Phi) is 5.65. The van der Waals surface area contributed by atoms with Crippen LogP contribution >= 0.6 is 0 Å². The van der Waals surface area contributed by atoms with Crippen LogP contribution in [0.25, 0.3) is 0 Å². The fourth-order valence-electron chi connectivity index (χ4n) is 3.07. The van der Waals surface area contributed by atoms with Gasteiger partial charge in [0.05, 0.1) is 5.25 Å². The van der Waals surface area contributed by atoms with Gasteiger partial charge in [-0.3, -0.25) is 4.90 Å². The Morgan fingerprint density at radius 2 is 1.86 bits per heavy atom. The molecule has 1 aromatic rings. The molecule has 5 heteroatoms. The maximum atomic E-state index is 11.9. The first kappa shape index (κ1) is 16.3. The van der Waals surface area contributed by atoms with E-state index in [4.69, 9.17) is 4.74 Å². The number of para-hydroxylation sites is 1. The zero-order valence-corrected chi connectivity index (χ0v) is 13.7. The molecule has 21 heavy (non-hydrogen) atoms. The number of rotatable bonds is 6. The Morgan fingerprint density at radius 3 is 2.52 bits per heavy atom. The van der Waals surface area contributed by atoms with Crippen LogP contribution in [0.4, 0.5) is 0 Å². The van der Waals surface area contributed by atoms with Crippen LogP contribution in [0.3, 0.4) is 0 Å². The highest BCUT2D eigenvalue weighted by molar-refractivity contribution is 7.91. The number of benzene rings is 1. The third kappa shape index (κ3) is 4.71. The normalized spacial score (nSPS) is 23.2. The first-order valence-corrected chi connectivity index (χ1v) is 9.51. The molecule has 0 aromatic heterocycles. The largest absolute Gasteiger partial charge is 0.492 e. The van der Waals surface area contributed by atoms with Crippen molar-refractivity contribution in [2.75, 3.05) is 26.5 Å². The minimum atomic E-state index is -2.98. The summed E-state index contributed by atoms with van der Waals surface area (Å²) < 4.78 is 29.6. The van der Waals surface area contributed by atoms with Crippen molar-refractivity contribution in [3.8, 4) is 5.75 Å². The molecule has 2 atom stereocenters. The van der Waals surface area contributed by atoms with Crippen LogP contribution in [0.5, 0.6) is 5.75 Å². The summed E-state index contributed by atoms with van der Waals surface area (Å²) in [6, 6.07) is 9.82. The molecule has 1 aliphatic rings. The van der Waals surface area contributed by atoms with Crippen molar-refractivity contribution in [3.63, 3.8) is 0 Å². The van der Waals surface area contributed by atoms with Gasteiger partial charge in [-0.25, -0.2) is 8.42 Å². The molecule has 1 aromatic carbocycles. The van der Waals surface area contributed by atoms with Crippen LogP contribution in [0.1, 0.15) is 25.7 Å². The number of ether oxygens (including phenoxy) is 1. The monoisotopic (exact) mass is 311 g/mol. The molecular formula is C16H25NO3S. The van der Waals surface area contributed by atoms with Crippen molar-refractivity contribution in [3.05, 3.63) is 30.3 Å². The van der Waals surface area contributed by atoms with E-state index < -0.39 is 9.84 Å². The van der Waals surface area contributed by atoms with Gasteiger partial charge in [-0.15, -0.1) is 0 Å². The molecule has 0 N–H and O–H groups in total. The highest BCUT2D eigenvalue weighted by atomic mass is 32.2. The van der Waals surface area contributed by atoms with Crippen LogP contribution in [-0.4, -0.2) is 51.1 Å². The number of hydrogen-bond acceptors (Lipinski definition) is 4.